The summed E-state index contributed by atoms with van der Waals surface area (Å²) in [5, 5.41) is 3.13. The van der Waals surface area contributed by atoms with Crippen LogP contribution >= 0.6 is 11.6 Å². The van der Waals surface area contributed by atoms with Crippen molar-refractivity contribution < 1.29 is 19.1 Å². The third-order valence-electron chi connectivity index (χ3n) is 3.48. The molecule has 126 valence electrons. The molecule has 6 heteroatoms. The van der Waals surface area contributed by atoms with Crippen molar-refractivity contribution >= 4 is 23.5 Å². The fraction of sp³-hybridized carbons (Fsp3) is 0.222. The first-order valence-electron chi connectivity index (χ1n) is 7.31. The minimum atomic E-state index is -0.813. The van der Waals surface area contributed by atoms with E-state index >= 15 is 0 Å². The van der Waals surface area contributed by atoms with E-state index in [1.54, 1.807) is 42.5 Å². The van der Waals surface area contributed by atoms with Gasteiger partial charge in [0.05, 0.1) is 19.2 Å². The summed E-state index contributed by atoms with van der Waals surface area (Å²) in [6.07, 6.45) is 0.259. The molecule has 1 atom stereocenters. The standard InChI is InChI=1S/C18H18ClNO4/c1-23-16-9-8-12(10-14(16)19)11-15(18(22)24-2)20-17(21)13-6-4-3-5-7-13/h3-10,15H,11H2,1-2H3,(H,20,21)/t15-/m1/s1. The van der Waals surface area contributed by atoms with Crippen molar-refractivity contribution in [3.05, 3.63) is 64.7 Å². The van der Waals surface area contributed by atoms with Crippen molar-refractivity contribution in [3.63, 3.8) is 0 Å². The molecular weight excluding hydrogens is 330 g/mol. The van der Waals surface area contributed by atoms with Crippen LogP contribution in [0, 0.1) is 0 Å². The third-order valence-corrected chi connectivity index (χ3v) is 3.78. The molecule has 0 aliphatic rings. The Morgan fingerprint density at radius 3 is 2.42 bits per heavy atom. The molecule has 0 aliphatic heterocycles. The average Bonchev–Trinajstić information content (AvgIpc) is 2.61. The minimum absolute atomic E-state index is 0.259. The van der Waals surface area contributed by atoms with Gasteiger partial charge < -0.3 is 14.8 Å². The van der Waals surface area contributed by atoms with Crippen molar-refractivity contribution in [2.75, 3.05) is 14.2 Å². The van der Waals surface area contributed by atoms with Gasteiger partial charge in [-0.25, -0.2) is 4.79 Å². The Bertz CT molecular complexity index is 718. The van der Waals surface area contributed by atoms with Crippen molar-refractivity contribution in [1.29, 1.82) is 0 Å². The number of ether oxygens (including phenoxy) is 2. The van der Waals surface area contributed by atoms with Crippen LogP contribution in [0.2, 0.25) is 5.02 Å². The van der Waals surface area contributed by atoms with Crippen LogP contribution in [0.5, 0.6) is 5.75 Å². The first-order chi connectivity index (χ1) is 11.5. The number of amides is 1. The van der Waals surface area contributed by atoms with Gasteiger partial charge in [0.15, 0.2) is 0 Å². The molecular formula is C18H18ClNO4. The first-order valence-corrected chi connectivity index (χ1v) is 7.69. The molecule has 2 rings (SSSR count). The summed E-state index contributed by atoms with van der Waals surface area (Å²) in [5.41, 5.74) is 1.25. The predicted octanol–water partition coefficient (Wildman–Crippen LogP) is 2.86. The first kappa shape index (κ1) is 17.8. The van der Waals surface area contributed by atoms with Gasteiger partial charge >= 0.3 is 5.97 Å². The molecule has 0 saturated carbocycles. The summed E-state index contributed by atoms with van der Waals surface area (Å²) in [5.74, 6) is -0.319. The molecule has 0 heterocycles. The molecule has 0 aromatic heterocycles. The van der Waals surface area contributed by atoms with Gasteiger partial charge in [0, 0.05) is 12.0 Å². The lowest BCUT2D eigenvalue weighted by Crippen LogP contribution is -2.43. The summed E-state index contributed by atoms with van der Waals surface area (Å²) in [7, 11) is 2.81. The van der Waals surface area contributed by atoms with Gasteiger partial charge in [-0.3, -0.25) is 4.79 Å². The Kier molecular flexibility index (Phi) is 6.21. The third kappa shape index (κ3) is 4.49. The molecule has 0 fully saturated rings. The molecule has 0 radical (unpaired) electrons. The lowest BCUT2D eigenvalue weighted by Gasteiger charge is -2.17. The zero-order valence-electron chi connectivity index (χ0n) is 13.4. The van der Waals surface area contributed by atoms with Crippen LogP contribution in [-0.2, 0) is 16.0 Å². The quantitative estimate of drug-likeness (QED) is 0.816. The zero-order valence-corrected chi connectivity index (χ0v) is 14.2. The van der Waals surface area contributed by atoms with E-state index in [2.05, 4.69) is 5.32 Å². The Balaban J connectivity index is 2.15. The molecule has 2 aromatic carbocycles. The number of nitrogens with one attached hydrogen (secondary N) is 1. The maximum Gasteiger partial charge on any atom is 0.328 e. The van der Waals surface area contributed by atoms with Gasteiger partial charge in [0.2, 0.25) is 0 Å². The second kappa shape index (κ2) is 8.36. The van der Waals surface area contributed by atoms with Crippen LogP contribution in [0.1, 0.15) is 15.9 Å². The monoisotopic (exact) mass is 347 g/mol. The van der Waals surface area contributed by atoms with Crippen molar-refractivity contribution in [2.45, 2.75) is 12.5 Å². The summed E-state index contributed by atoms with van der Waals surface area (Å²) in [6, 6.07) is 13.1. The Hall–Kier alpha value is -2.53. The van der Waals surface area contributed by atoms with E-state index in [1.807, 2.05) is 6.07 Å². The number of carbonyl (C=O) groups is 2. The van der Waals surface area contributed by atoms with Gasteiger partial charge in [0.25, 0.3) is 5.91 Å². The largest absolute Gasteiger partial charge is 0.495 e. The van der Waals surface area contributed by atoms with E-state index in [0.717, 1.165) is 5.56 Å². The highest BCUT2D eigenvalue weighted by molar-refractivity contribution is 6.32. The number of hydrogen-bond acceptors (Lipinski definition) is 4. The highest BCUT2D eigenvalue weighted by Gasteiger charge is 2.23. The number of benzene rings is 2. The normalized spacial score (nSPS) is 11.5. The maximum atomic E-state index is 12.3. The molecule has 24 heavy (non-hydrogen) atoms. The second-order valence-corrected chi connectivity index (χ2v) is 5.50. The van der Waals surface area contributed by atoms with E-state index in [0.29, 0.717) is 16.3 Å². The summed E-state index contributed by atoms with van der Waals surface area (Å²) >= 11 is 6.10. The van der Waals surface area contributed by atoms with Crippen LogP contribution in [0.15, 0.2) is 48.5 Å². The van der Waals surface area contributed by atoms with Crippen LogP contribution in [0.3, 0.4) is 0 Å². The van der Waals surface area contributed by atoms with Crippen molar-refractivity contribution in [3.8, 4) is 5.75 Å². The molecule has 0 aliphatic carbocycles. The molecule has 0 bridgehead atoms. The number of esters is 1. The number of hydrogen-bond donors (Lipinski definition) is 1. The van der Waals surface area contributed by atoms with Crippen LogP contribution in [0.25, 0.3) is 0 Å². The molecule has 0 unspecified atom stereocenters. The Morgan fingerprint density at radius 2 is 1.83 bits per heavy atom. The molecule has 2 aromatic rings. The maximum absolute atomic E-state index is 12.3. The van der Waals surface area contributed by atoms with E-state index in [9.17, 15) is 9.59 Å². The van der Waals surface area contributed by atoms with E-state index in [1.165, 1.54) is 14.2 Å². The number of carbonyl (C=O) groups excluding carboxylic acids is 2. The minimum Gasteiger partial charge on any atom is -0.495 e. The number of rotatable bonds is 6. The molecule has 0 saturated heterocycles. The highest BCUT2D eigenvalue weighted by atomic mass is 35.5. The van der Waals surface area contributed by atoms with Crippen LogP contribution in [0.4, 0.5) is 0 Å². The van der Waals surface area contributed by atoms with Crippen LogP contribution < -0.4 is 10.1 Å². The number of halogens is 1. The van der Waals surface area contributed by atoms with E-state index in [4.69, 9.17) is 21.1 Å². The highest BCUT2D eigenvalue weighted by Crippen LogP contribution is 2.25. The molecule has 1 amide bonds. The smallest absolute Gasteiger partial charge is 0.328 e. The summed E-state index contributed by atoms with van der Waals surface area (Å²) in [6.45, 7) is 0. The zero-order chi connectivity index (χ0) is 17.5. The van der Waals surface area contributed by atoms with Crippen LogP contribution in [-0.4, -0.2) is 32.1 Å². The SMILES string of the molecule is COC(=O)[C@@H](Cc1ccc(OC)c(Cl)c1)NC(=O)c1ccccc1. The van der Waals surface area contributed by atoms with Crippen molar-refractivity contribution in [1.82, 2.24) is 5.32 Å². The second-order valence-electron chi connectivity index (χ2n) is 5.09. The van der Waals surface area contributed by atoms with Gasteiger partial charge in [-0.15, -0.1) is 0 Å². The van der Waals surface area contributed by atoms with E-state index in [-0.39, 0.29) is 12.3 Å². The van der Waals surface area contributed by atoms with Gasteiger partial charge in [-0.1, -0.05) is 35.9 Å². The van der Waals surface area contributed by atoms with Gasteiger partial charge in [0.1, 0.15) is 11.8 Å². The topological polar surface area (TPSA) is 64.6 Å². The fourth-order valence-electron chi connectivity index (χ4n) is 2.24. The average molecular weight is 348 g/mol. The summed E-state index contributed by atoms with van der Waals surface area (Å²) < 4.78 is 9.89. The number of methoxy groups -OCH3 is 2. The van der Waals surface area contributed by atoms with Gasteiger partial charge in [-0.05, 0) is 29.8 Å². The molecule has 1 N–H and O–H groups in total. The fourth-order valence-corrected chi connectivity index (χ4v) is 2.52. The Morgan fingerprint density at radius 1 is 1.12 bits per heavy atom. The van der Waals surface area contributed by atoms with E-state index < -0.39 is 12.0 Å². The predicted molar refractivity (Wildman–Crippen MR) is 91.4 cm³/mol. The molecule has 5 nitrogen and oxygen atoms in total. The molecule has 0 spiro atoms. The lowest BCUT2D eigenvalue weighted by atomic mass is 10.0. The van der Waals surface area contributed by atoms with Crippen molar-refractivity contribution in [2.24, 2.45) is 0 Å². The van der Waals surface area contributed by atoms with Gasteiger partial charge in [-0.2, -0.15) is 0 Å². The Labute approximate surface area is 145 Å². The summed E-state index contributed by atoms with van der Waals surface area (Å²) in [4.78, 5) is 24.3. The lowest BCUT2D eigenvalue weighted by molar-refractivity contribution is -0.142.